The standard InChI is InChI=1S/C25H19F3N2O/c1-16-21-13-14-30(18-8-10-20(11-9-18)31-19-5-3-2-4-6-19)24(21)22-15-17(25(26,27)28)7-12-23(22)29-16/h2-12,15H,13-14H2,1H3. The van der Waals surface area contributed by atoms with E-state index in [0.717, 1.165) is 40.9 Å². The Morgan fingerprint density at radius 3 is 2.32 bits per heavy atom. The Balaban J connectivity index is 1.54. The topological polar surface area (TPSA) is 25.4 Å². The van der Waals surface area contributed by atoms with Crippen LogP contribution >= 0.6 is 0 Å². The van der Waals surface area contributed by atoms with Gasteiger partial charge in [0.2, 0.25) is 0 Å². The Labute approximate surface area is 177 Å². The Morgan fingerprint density at radius 1 is 0.903 bits per heavy atom. The van der Waals surface area contributed by atoms with Crippen LogP contribution in [0, 0.1) is 6.92 Å². The monoisotopic (exact) mass is 420 g/mol. The summed E-state index contributed by atoms with van der Waals surface area (Å²) in [6.45, 7) is 2.60. The van der Waals surface area contributed by atoms with Crippen LogP contribution in [0.1, 0.15) is 16.8 Å². The summed E-state index contributed by atoms with van der Waals surface area (Å²) in [7, 11) is 0. The van der Waals surface area contributed by atoms with Gasteiger partial charge in [-0.25, -0.2) is 0 Å². The molecular formula is C25H19F3N2O. The van der Waals surface area contributed by atoms with Crippen LogP contribution in [-0.4, -0.2) is 11.5 Å². The highest BCUT2D eigenvalue weighted by Crippen LogP contribution is 2.43. The van der Waals surface area contributed by atoms with E-state index in [2.05, 4.69) is 9.88 Å². The number of aryl methyl sites for hydroxylation is 1. The fourth-order valence-corrected chi connectivity index (χ4v) is 4.10. The van der Waals surface area contributed by atoms with Crippen molar-refractivity contribution in [2.24, 2.45) is 0 Å². The molecule has 1 aliphatic heterocycles. The van der Waals surface area contributed by atoms with Crippen molar-refractivity contribution in [1.82, 2.24) is 4.98 Å². The molecule has 1 aliphatic rings. The van der Waals surface area contributed by atoms with Crippen LogP contribution in [-0.2, 0) is 12.6 Å². The molecule has 0 radical (unpaired) electrons. The molecule has 3 aromatic carbocycles. The maximum absolute atomic E-state index is 13.3. The molecule has 0 spiro atoms. The average molecular weight is 420 g/mol. The summed E-state index contributed by atoms with van der Waals surface area (Å²) < 4.78 is 45.9. The molecule has 1 aromatic heterocycles. The molecule has 0 fully saturated rings. The minimum Gasteiger partial charge on any atom is -0.457 e. The van der Waals surface area contributed by atoms with Gasteiger partial charge in [-0.3, -0.25) is 4.98 Å². The van der Waals surface area contributed by atoms with Gasteiger partial charge in [-0.05, 0) is 73.5 Å². The van der Waals surface area contributed by atoms with Gasteiger partial charge in [-0.1, -0.05) is 18.2 Å². The molecule has 5 rings (SSSR count). The molecule has 156 valence electrons. The van der Waals surface area contributed by atoms with Crippen LogP contribution in [0.2, 0.25) is 0 Å². The van der Waals surface area contributed by atoms with Crippen LogP contribution in [0.3, 0.4) is 0 Å². The third-order valence-electron chi connectivity index (χ3n) is 5.57. The minimum absolute atomic E-state index is 0.525. The van der Waals surface area contributed by atoms with Crippen molar-refractivity contribution in [1.29, 1.82) is 0 Å². The Hall–Kier alpha value is -3.54. The van der Waals surface area contributed by atoms with Gasteiger partial charge in [0.05, 0.1) is 16.8 Å². The van der Waals surface area contributed by atoms with Crippen molar-refractivity contribution in [3.63, 3.8) is 0 Å². The number of ether oxygens (including phenoxy) is 1. The largest absolute Gasteiger partial charge is 0.457 e. The quantitative estimate of drug-likeness (QED) is 0.355. The normalized spacial score (nSPS) is 13.5. The Kier molecular flexibility index (Phi) is 4.58. The molecule has 0 saturated heterocycles. The zero-order chi connectivity index (χ0) is 21.6. The fraction of sp³-hybridized carbons (Fsp3) is 0.160. The first kappa shape index (κ1) is 19.4. The van der Waals surface area contributed by atoms with Crippen molar-refractivity contribution in [3.8, 4) is 11.5 Å². The van der Waals surface area contributed by atoms with E-state index in [9.17, 15) is 13.2 Å². The van der Waals surface area contributed by atoms with Gasteiger partial charge in [0, 0.05) is 23.3 Å². The summed E-state index contributed by atoms with van der Waals surface area (Å²) in [5.41, 5.74) is 3.48. The number of hydrogen-bond acceptors (Lipinski definition) is 3. The molecule has 31 heavy (non-hydrogen) atoms. The van der Waals surface area contributed by atoms with Crippen LogP contribution in [0.15, 0.2) is 72.8 Å². The van der Waals surface area contributed by atoms with Crippen molar-refractivity contribution in [2.45, 2.75) is 19.5 Å². The first-order valence-corrected chi connectivity index (χ1v) is 10.0. The van der Waals surface area contributed by atoms with Gasteiger partial charge in [0.1, 0.15) is 11.5 Å². The number of para-hydroxylation sites is 1. The lowest BCUT2D eigenvalue weighted by atomic mass is 10.0. The molecule has 2 heterocycles. The number of halogens is 3. The Bertz CT molecular complexity index is 1250. The lowest BCUT2D eigenvalue weighted by Gasteiger charge is -2.22. The second kappa shape index (κ2) is 7.30. The lowest BCUT2D eigenvalue weighted by molar-refractivity contribution is -0.137. The van der Waals surface area contributed by atoms with Crippen LogP contribution in [0.5, 0.6) is 11.5 Å². The van der Waals surface area contributed by atoms with Gasteiger partial charge >= 0.3 is 6.18 Å². The maximum Gasteiger partial charge on any atom is 0.416 e. The summed E-state index contributed by atoms with van der Waals surface area (Å²) >= 11 is 0. The number of pyridine rings is 1. The zero-order valence-electron chi connectivity index (χ0n) is 16.8. The molecule has 3 nitrogen and oxygen atoms in total. The molecule has 0 amide bonds. The SMILES string of the molecule is Cc1nc2ccc(C(F)(F)F)cc2c2c1CCN2c1ccc(Oc2ccccc2)cc1. The van der Waals surface area contributed by atoms with E-state index in [4.69, 9.17) is 4.74 Å². The second-order valence-corrected chi connectivity index (χ2v) is 7.56. The Morgan fingerprint density at radius 2 is 1.61 bits per heavy atom. The van der Waals surface area contributed by atoms with Crippen LogP contribution < -0.4 is 9.64 Å². The predicted octanol–water partition coefficient (Wildman–Crippen LogP) is 7.05. The molecule has 0 unspecified atom stereocenters. The zero-order valence-corrected chi connectivity index (χ0v) is 16.8. The van der Waals surface area contributed by atoms with Crippen LogP contribution in [0.4, 0.5) is 24.5 Å². The summed E-state index contributed by atoms with van der Waals surface area (Å²) in [5, 5.41) is 0.525. The van der Waals surface area contributed by atoms with E-state index < -0.39 is 11.7 Å². The number of hydrogen-bond donors (Lipinski definition) is 0. The number of alkyl halides is 3. The average Bonchev–Trinajstić information content (AvgIpc) is 3.20. The van der Waals surface area contributed by atoms with E-state index in [1.807, 2.05) is 61.5 Å². The molecule has 0 aliphatic carbocycles. The smallest absolute Gasteiger partial charge is 0.416 e. The van der Waals surface area contributed by atoms with E-state index in [1.165, 1.54) is 12.1 Å². The second-order valence-electron chi connectivity index (χ2n) is 7.56. The maximum atomic E-state index is 13.3. The first-order valence-electron chi connectivity index (χ1n) is 10.0. The molecule has 0 atom stereocenters. The number of anilines is 2. The summed E-state index contributed by atoms with van der Waals surface area (Å²) in [6, 6.07) is 20.9. The minimum atomic E-state index is -4.40. The molecule has 0 N–H and O–H groups in total. The summed E-state index contributed by atoms with van der Waals surface area (Å²) in [6.07, 6.45) is -3.66. The highest BCUT2D eigenvalue weighted by atomic mass is 19.4. The molecule has 0 bridgehead atoms. The summed E-state index contributed by atoms with van der Waals surface area (Å²) in [5.74, 6) is 1.44. The fourth-order valence-electron chi connectivity index (χ4n) is 4.10. The number of rotatable bonds is 3. The number of aromatic nitrogens is 1. The third kappa shape index (κ3) is 3.58. The molecule has 4 aromatic rings. The van der Waals surface area contributed by atoms with Gasteiger partial charge in [-0.2, -0.15) is 13.2 Å². The van der Waals surface area contributed by atoms with E-state index >= 15 is 0 Å². The van der Waals surface area contributed by atoms with E-state index in [-0.39, 0.29) is 0 Å². The van der Waals surface area contributed by atoms with Crippen molar-refractivity contribution in [3.05, 3.63) is 89.6 Å². The highest BCUT2D eigenvalue weighted by Gasteiger charge is 2.32. The number of benzene rings is 3. The van der Waals surface area contributed by atoms with Crippen molar-refractivity contribution < 1.29 is 17.9 Å². The molecule has 6 heteroatoms. The lowest BCUT2D eigenvalue weighted by Crippen LogP contribution is -2.14. The van der Waals surface area contributed by atoms with E-state index in [1.54, 1.807) is 0 Å². The van der Waals surface area contributed by atoms with Gasteiger partial charge in [0.15, 0.2) is 0 Å². The van der Waals surface area contributed by atoms with Gasteiger partial charge in [0.25, 0.3) is 0 Å². The molecule has 0 saturated carbocycles. The summed E-state index contributed by atoms with van der Waals surface area (Å²) in [4.78, 5) is 6.61. The molecular weight excluding hydrogens is 401 g/mol. The van der Waals surface area contributed by atoms with Crippen molar-refractivity contribution in [2.75, 3.05) is 11.4 Å². The third-order valence-corrected chi connectivity index (χ3v) is 5.57. The number of nitrogens with zero attached hydrogens (tertiary/aromatic N) is 2. The van der Waals surface area contributed by atoms with Gasteiger partial charge < -0.3 is 9.64 Å². The van der Waals surface area contributed by atoms with Gasteiger partial charge in [-0.15, -0.1) is 0 Å². The highest BCUT2D eigenvalue weighted by molar-refractivity contribution is 5.97. The first-order chi connectivity index (χ1) is 14.9. The number of fused-ring (bicyclic) bond motifs is 3. The predicted molar refractivity (Wildman–Crippen MR) is 115 cm³/mol. The van der Waals surface area contributed by atoms with Crippen LogP contribution in [0.25, 0.3) is 10.9 Å². The van der Waals surface area contributed by atoms with E-state index in [0.29, 0.717) is 23.2 Å². The van der Waals surface area contributed by atoms with Crippen molar-refractivity contribution >= 4 is 22.3 Å².